The van der Waals surface area contributed by atoms with Crippen molar-refractivity contribution in [3.63, 3.8) is 0 Å². The third kappa shape index (κ3) is 5.87. The summed E-state index contributed by atoms with van der Waals surface area (Å²) in [5.41, 5.74) is 6.67. The van der Waals surface area contributed by atoms with Crippen molar-refractivity contribution in [2.45, 2.75) is 26.9 Å². The average molecular weight is 475 g/mol. The molecule has 174 valence electrons. The molecule has 0 saturated heterocycles. The van der Waals surface area contributed by atoms with Crippen molar-refractivity contribution < 1.29 is 22.7 Å². The molecule has 0 amide bonds. The topological polar surface area (TPSA) is 43.3 Å². The molecule has 2 aromatic carbocycles. The Morgan fingerprint density at radius 3 is 1.47 bits per heavy atom. The van der Waals surface area contributed by atoms with Gasteiger partial charge in [-0.3, -0.25) is 4.57 Å². The van der Waals surface area contributed by atoms with Crippen LogP contribution < -0.4 is 9.13 Å². The Morgan fingerprint density at radius 2 is 1.06 bits per heavy atom. The van der Waals surface area contributed by atoms with Crippen molar-refractivity contribution in [1.82, 2.24) is 0 Å². The summed E-state index contributed by atoms with van der Waals surface area (Å²) >= 11 is 0. The van der Waals surface area contributed by atoms with E-state index in [1.54, 1.807) is 0 Å². The van der Waals surface area contributed by atoms with Crippen LogP contribution >= 0.6 is 7.60 Å². The number of hydrogen-bond acceptors (Lipinski definition) is 3. The van der Waals surface area contributed by atoms with Gasteiger partial charge in [-0.15, -0.1) is 0 Å². The van der Waals surface area contributed by atoms with Gasteiger partial charge >= 0.3 is 7.60 Å². The third-order valence-corrected chi connectivity index (χ3v) is 7.64. The van der Waals surface area contributed by atoms with Gasteiger partial charge in [0.2, 0.25) is 11.4 Å². The van der Waals surface area contributed by atoms with Gasteiger partial charge in [0.15, 0.2) is 24.8 Å². The highest BCUT2D eigenvalue weighted by Gasteiger charge is 2.24. The van der Waals surface area contributed by atoms with Crippen LogP contribution in [0.15, 0.2) is 97.6 Å². The molecular weight excluding hydrogens is 443 g/mol. The lowest BCUT2D eigenvalue weighted by Crippen LogP contribution is -2.29. The molecule has 0 aliphatic rings. The van der Waals surface area contributed by atoms with Crippen LogP contribution in [0.3, 0.4) is 0 Å². The van der Waals surface area contributed by atoms with Crippen LogP contribution in [0, 0.1) is 6.92 Å². The summed E-state index contributed by atoms with van der Waals surface area (Å²) in [5, 5.41) is 0. The first-order valence-corrected chi connectivity index (χ1v) is 13.3. The van der Waals surface area contributed by atoms with Crippen LogP contribution in [0.1, 0.15) is 25.0 Å². The minimum atomic E-state index is -3.10. The van der Waals surface area contributed by atoms with Gasteiger partial charge in [-0.2, -0.15) is 9.13 Å². The Hall–Kier alpha value is -3.11. The lowest BCUT2D eigenvalue weighted by molar-refractivity contribution is -0.596. The van der Waals surface area contributed by atoms with Gasteiger partial charge in [0.1, 0.15) is 0 Å². The molecule has 0 bridgehead atoms. The van der Waals surface area contributed by atoms with Crippen LogP contribution in [-0.4, -0.2) is 13.2 Å². The van der Waals surface area contributed by atoms with E-state index in [0.717, 1.165) is 28.1 Å². The van der Waals surface area contributed by atoms with Gasteiger partial charge in [-0.1, -0.05) is 29.8 Å². The Balaban J connectivity index is 1.46. The lowest BCUT2D eigenvalue weighted by atomic mass is 10.1. The van der Waals surface area contributed by atoms with Gasteiger partial charge in [-0.05, 0) is 37.5 Å². The third-order valence-electron chi connectivity index (χ3n) is 5.59. The number of nitrogens with zero attached hydrogens (tertiary/aromatic N) is 2. The Kier molecular flexibility index (Phi) is 7.69. The van der Waals surface area contributed by atoms with Crippen molar-refractivity contribution >= 4 is 7.60 Å². The van der Waals surface area contributed by atoms with Crippen LogP contribution in [-0.2, 0) is 19.8 Å². The van der Waals surface area contributed by atoms with E-state index < -0.39 is 7.60 Å². The second-order valence-corrected chi connectivity index (χ2v) is 10.1. The van der Waals surface area contributed by atoms with E-state index in [0.29, 0.717) is 13.2 Å². The van der Waals surface area contributed by atoms with E-state index in [1.165, 1.54) is 5.56 Å². The SMILES string of the molecule is CCOP(=O)(Cc1ccc(-[n+]2ccc(-c3cc[n+](-c4ccc(C)cc4)cc3)cc2)cc1)OCC. The largest absolute Gasteiger partial charge is 0.335 e. The average Bonchev–Trinajstić information content (AvgIpc) is 2.85. The quantitative estimate of drug-likeness (QED) is 0.221. The number of benzene rings is 2. The van der Waals surface area contributed by atoms with Crippen molar-refractivity contribution in [3.05, 3.63) is 109 Å². The molecule has 0 radical (unpaired) electrons. The maximum Gasteiger partial charge on any atom is 0.335 e. The molecule has 4 rings (SSSR count). The molecule has 5 nitrogen and oxygen atoms in total. The zero-order valence-electron chi connectivity index (χ0n) is 19.9. The van der Waals surface area contributed by atoms with E-state index in [1.807, 2.05) is 38.1 Å². The second kappa shape index (κ2) is 10.9. The molecule has 0 atom stereocenters. The summed E-state index contributed by atoms with van der Waals surface area (Å²) in [6.07, 6.45) is 8.55. The van der Waals surface area contributed by atoms with Crippen molar-refractivity contribution in [2.24, 2.45) is 0 Å². The number of aromatic nitrogens is 2. The molecule has 0 spiro atoms. The van der Waals surface area contributed by atoms with Crippen LogP contribution in [0.25, 0.3) is 22.5 Å². The minimum absolute atomic E-state index is 0.273. The van der Waals surface area contributed by atoms with Crippen LogP contribution in [0.4, 0.5) is 0 Å². The Bertz CT molecular complexity index is 1240. The van der Waals surface area contributed by atoms with Gasteiger partial charge in [0.25, 0.3) is 0 Å². The molecule has 2 aromatic heterocycles. The highest BCUT2D eigenvalue weighted by Crippen LogP contribution is 2.51. The molecule has 0 saturated carbocycles. The van der Waals surface area contributed by atoms with Crippen LogP contribution in [0.5, 0.6) is 0 Å². The fourth-order valence-corrected chi connectivity index (χ4v) is 5.52. The molecular formula is C28H31N2O3P+2. The van der Waals surface area contributed by atoms with Crippen molar-refractivity contribution in [3.8, 4) is 22.5 Å². The number of aryl methyl sites for hydroxylation is 1. The summed E-state index contributed by atoms with van der Waals surface area (Å²) in [6, 6.07) is 24.9. The maximum absolute atomic E-state index is 12.8. The zero-order chi connectivity index (χ0) is 24.0. The number of pyridine rings is 2. The first-order valence-electron chi connectivity index (χ1n) is 11.6. The lowest BCUT2D eigenvalue weighted by Gasteiger charge is -2.16. The summed E-state index contributed by atoms with van der Waals surface area (Å²) in [5.74, 6) is 0. The van der Waals surface area contributed by atoms with Gasteiger partial charge in [-0.25, -0.2) is 0 Å². The molecule has 6 heteroatoms. The normalized spacial score (nSPS) is 11.5. The van der Waals surface area contributed by atoms with Gasteiger partial charge in [0, 0.05) is 48.5 Å². The van der Waals surface area contributed by atoms with E-state index in [-0.39, 0.29) is 6.16 Å². The fourth-order valence-electron chi connectivity index (χ4n) is 3.82. The van der Waals surface area contributed by atoms with Crippen LogP contribution in [0.2, 0.25) is 0 Å². The summed E-state index contributed by atoms with van der Waals surface area (Å²) in [4.78, 5) is 0. The molecule has 0 aliphatic heterocycles. The zero-order valence-corrected chi connectivity index (χ0v) is 20.8. The predicted octanol–water partition coefficient (Wildman–Crippen LogP) is 5.98. The maximum atomic E-state index is 12.8. The van der Waals surface area contributed by atoms with Crippen molar-refractivity contribution in [2.75, 3.05) is 13.2 Å². The second-order valence-electron chi connectivity index (χ2n) is 8.09. The standard InChI is InChI=1S/C28H31N2O3P/c1-4-32-34(31,33-5-2)22-24-8-12-28(13-9-24)30-20-16-26(17-21-30)25-14-18-29(19-15-25)27-10-6-23(3)7-11-27/h6-21H,4-5,22H2,1-3H3/q+2. The smallest absolute Gasteiger partial charge is 0.309 e. The Morgan fingerprint density at radius 1 is 0.647 bits per heavy atom. The number of rotatable bonds is 9. The molecule has 34 heavy (non-hydrogen) atoms. The van der Waals surface area contributed by atoms with E-state index in [2.05, 4.69) is 89.4 Å². The first-order chi connectivity index (χ1) is 16.5. The van der Waals surface area contributed by atoms with E-state index in [4.69, 9.17) is 9.05 Å². The van der Waals surface area contributed by atoms with Crippen molar-refractivity contribution in [1.29, 1.82) is 0 Å². The molecule has 0 fully saturated rings. The molecule has 0 N–H and O–H groups in total. The van der Waals surface area contributed by atoms with E-state index in [9.17, 15) is 4.57 Å². The number of hydrogen-bond donors (Lipinski definition) is 0. The molecule has 0 unspecified atom stereocenters. The summed E-state index contributed by atoms with van der Waals surface area (Å²) < 4.78 is 27.8. The first kappa shape index (κ1) is 24.0. The monoisotopic (exact) mass is 474 g/mol. The summed E-state index contributed by atoms with van der Waals surface area (Å²) in [6.45, 7) is 6.48. The van der Waals surface area contributed by atoms with Gasteiger partial charge < -0.3 is 9.05 Å². The highest BCUT2D eigenvalue weighted by atomic mass is 31.2. The predicted molar refractivity (Wildman–Crippen MR) is 134 cm³/mol. The van der Waals surface area contributed by atoms with Gasteiger partial charge in [0.05, 0.1) is 19.4 Å². The summed E-state index contributed by atoms with van der Waals surface area (Å²) in [7, 11) is -3.10. The molecule has 0 aliphatic carbocycles. The minimum Gasteiger partial charge on any atom is -0.309 e. The van der Waals surface area contributed by atoms with E-state index >= 15 is 0 Å². The fraction of sp³-hybridized carbons (Fsp3) is 0.214. The molecule has 2 heterocycles. The Labute approximate surface area is 201 Å². The molecule has 4 aromatic rings. The highest BCUT2D eigenvalue weighted by molar-refractivity contribution is 7.53.